The Labute approximate surface area is 114 Å². The Hall–Kier alpha value is -1.61. The molecule has 0 amide bonds. The van der Waals surface area contributed by atoms with Gasteiger partial charge in [0, 0.05) is 29.2 Å². The van der Waals surface area contributed by atoms with Gasteiger partial charge in [0.05, 0.1) is 6.54 Å². The summed E-state index contributed by atoms with van der Waals surface area (Å²) in [6.07, 6.45) is 1.83. The number of H-pyrrole nitrogens is 1. The van der Waals surface area contributed by atoms with Crippen LogP contribution in [0.1, 0.15) is 31.1 Å². The number of aromatic nitrogens is 1. The summed E-state index contributed by atoms with van der Waals surface area (Å²) in [7, 11) is 0. The fraction of sp³-hybridized carbons (Fsp3) is 0.438. The molecule has 1 aromatic carbocycles. The second kappa shape index (κ2) is 6.02. The highest BCUT2D eigenvalue weighted by Gasteiger charge is 2.15. The predicted molar refractivity (Wildman–Crippen MR) is 79.6 cm³/mol. The van der Waals surface area contributed by atoms with Gasteiger partial charge in [-0.3, -0.25) is 9.69 Å². The smallest absolute Gasteiger partial charge is 0.178 e. The van der Waals surface area contributed by atoms with Crippen LogP contribution in [0.3, 0.4) is 0 Å². The number of ketones is 1. The van der Waals surface area contributed by atoms with E-state index in [1.165, 1.54) is 0 Å². The molecule has 3 nitrogen and oxygen atoms in total. The summed E-state index contributed by atoms with van der Waals surface area (Å²) in [5, 5.41) is 1.02. The fourth-order valence-electron chi connectivity index (χ4n) is 2.41. The minimum absolute atomic E-state index is 0.194. The van der Waals surface area contributed by atoms with Crippen molar-refractivity contribution in [3.05, 3.63) is 36.0 Å². The van der Waals surface area contributed by atoms with E-state index in [0.29, 0.717) is 12.5 Å². The van der Waals surface area contributed by atoms with Crippen LogP contribution in [0.15, 0.2) is 30.5 Å². The molecule has 0 aliphatic heterocycles. The molecule has 1 heterocycles. The highest BCUT2D eigenvalue weighted by atomic mass is 16.1. The lowest BCUT2D eigenvalue weighted by atomic mass is 10.1. The van der Waals surface area contributed by atoms with Gasteiger partial charge in [0.2, 0.25) is 0 Å². The second-order valence-electron chi connectivity index (χ2n) is 5.39. The number of hydrogen-bond acceptors (Lipinski definition) is 2. The van der Waals surface area contributed by atoms with Crippen LogP contribution in [0.25, 0.3) is 10.9 Å². The van der Waals surface area contributed by atoms with Crippen molar-refractivity contribution in [1.82, 2.24) is 9.88 Å². The zero-order valence-corrected chi connectivity index (χ0v) is 11.9. The van der Waals surface area contributed by atoms with Gasteiger partial charge in [0.15, 0.2) is 5.78 Å². The number of benzene rings is 1. The average molecular weight is 258 g/mol. The fourth-order valence-corrected chi connectivity index (χ4v) is 2.41. The SMILES string of the molecule is CCN(CC(=O)c1c[nH]c2ccccc12)CC(C)C. The van der Waals surface area contributed by atoms with Crippen LogP contribution >= 0.6 is 0 Å². The first-order valence-electron chi connectivity index (χ1n) is 6.93. The number of aromatic amines is 1. The predicted octanol–water partition coefficient (Wildman–Crippen LogP) is 3.33. The lowest BCUT2D eigenvalue weighted by Gasteiger charge is -2.21. The molecule has 0 spiro atoms. The molecule has 0 radical (unpaired) electrons. The molecule has 0 aliphatic carbocycles. The van der Waals surface area contributed by atoms with Crippen LogP contribution in [-0.2, 0) is 0 Å². The van der Waals surface area contributed by atoms with E-state index in [-0.39, 0.29) is 5.78 Å². The largest absolute Gasteiger partial charge is 0.360 e. The molecule has 0 saturated heterocycles. The van der Waals surface area contributed by atoms with E-state index < -0.39 is 0 Å². The van der Waals surface area contributed by atoms with Crippen LogP contribution in [0, 0.1) is 5.92 Å². The summed E-state index contributed by atoms with van der Waals surface area (Å²) in [6, 6.07) is 7.94. The number of fused-ring (bicyclic) bond motifs is 1. The van der Waals surface area contributed by atoms with Gasteiger partial charge in [0.1, 0.15) is 0 Å². The van der Waals surface area contributed by atoms with Crippen LogP contribution < -0.4 is 0 Å². The maximum absolute atomic E-state index is 12.4. The van der Waals surface area contributed by atoms with E-state index in [4.69, 9.17) is 0 Å². The lowest BCUT2D eigenvalue weighted by molar-refractivity contribution is 0.0928. The first-order chi connectivity index (χ1) is 9.11. The Morgan fingerprint density at radius 2 is 2.05 bits per heavy atom. The summed E-state index contributed by atoms with van der Waals surface area (Å²) >= 11 is 0. The Kier molecular flexibility index (Phi) is 4.38. The van der Waals surface area contributed by atoms with Gasteiger partial charge in [0.25, 0.3) is 0 Å². The summed E-state index contributed by atoms with van der Waals surface area (Å²) in [4.78, 5) is 17.8. The number of Topliss-reactive ketones (excluding diaryl/α,β-unsaturated/α-hetero) is 1. The third-order valence-electron chi connectivity index (χ3n) is 3.33. The zero-order chi connectivity index (χ0) is 13.8. The van der Waals surface area contributed by atoms with Gasteiger partial charge in [-0.2, -0.15) is 0 Å². The standard InChI is InChI=1S/C16H22N2O/c1-4-18(10-12(2)3)11-16(19)14-9-17-15-8-6-5-7-13(14)15/h5-9,12,17H,4,10-11H2,1-3H3. The van der Waals surface area contributed by atoms with Gasteiger partial charge in [-0.25, -0.2) is 0 Å². The van der Waals surface area contributed by atoms with Crippen molar-refractivity contribution in [1.29, 1.82) is 0 Å². The molecular formula is C16H22N2O. The van der Waals surface area contributed by atoms with Crippen molar-refractivity contribution in [2.75, 3.05) is 19.6 Å². The Balaban J connectivity index is 2.15. The van der Waals surface area contributed by atoms with Crippen molar-refractivity contribution in [2.24, 2.45) is 5.92 Å². The quantitative estimate of drug-likeness (QED) is 0.807. The third-order valence-corrected chi connectivity index (χ3v) is 3.33. The third kappa shape index (κ3) is 3.24. The van der Waals surface area contributed by atoms with Crippen LogP contribution in [0.4, 0.5) is 0 Å². The molecule has 0 atom stereocenters. The van der Waals surface area contributed by atoms with E-state index in [1.54, 1.807) is 0 Å². The Morgan fingerprint density at radius 3 is 2.74 bits per heavy atom. The topological polar surface area (TPSA) is 36.1 Å². The molecule has 0 fully saturated rings. The maximum Gasteiger partial charge on any atom is 0.178 e. The number of rotatable bonds is 6. The molecule has 0 bridgehead atoms. The summed E-state index contributed by atoms with van der Waals surface area (Å²) in [5.41, 5.74) is 1.83. The molecule has 0 aliphatic rings. The first-order valence-corrected chi connectivity index (χ1v) is 6.93. The number of nitrogens with one attached hydrogen (secondary N) is 1. The summed E-state index contributed by atoms with van der Waals surface area (Å²) < 4.78 is 0. The molecule has 1 aromatic heterocycles. The summed E-state index contributed by atoms with van der Waals surface area (Å²) in [5.74, 6) is 0.774. The number of carbonyl (C=O) groups is 1. The zero-order valence-electron chi connectivity index (χ0n) is 11.9. The van der Waals surface area contributed by atoms with Gasteiger partial charge >= 0.3 is 0 Å². The molecule has 1 N–H and O–H groups in total. The number of hydrogen-bond donors (Lipinski definition) is 1. The Bertz CT molecular complexity index is 557. The van der Waals surface area contributed by atoms with E-state index in [0.717, 1.165) is 29.6 Å². The van der Waals surface area contributed by atoms with E-state index >= 15 is 0 Å². The second-order valence-corrected chi connectivity index (χ2v) is 5.39. The van der Waals surface area contributed by atoms with Gasteiger partial charge in [-0.1, -0.05) is 39.0 Å². The van der Waals surface area contributed by atoms with Crippen LogP contribution in [-0.4, -0.2) is 35.3 Å². The summed E-state index contributed by atoms with van der Waals surface area (Å²) in [6.45, 7) is 8.83. The number of para-hydroxylation sites is 1. The van der Waals surface area contributed by atoms with Crippen LogP contribution in [0.2, 0.25) is 0 Å². The number of nitrogens with zero attached hydrogens (tertiary/aromatic N) is 1. The average Bonchev–Trinajstić information content (AvgIpc) is 2.81. The van der Waals surface area contributed by atoms with Crippen molar-refractivity contribution < 1.29 is 4.79 Å². The molecule has 2 rings (SSSR count). The lowest BCUT2D eigenvalue weighted by Crippen LogP contribution is -2.32. The number of likely N-dealkylation sites (N-methyl/N-ethyl adjacent to an activating group) is 1. The van der Waals surface area contributed by atoms with Gasteiger partial charge < -0.3 is 4.98 Å². The number of carbonyl (C=O) groups excluding carboxylic acids is 1. The van der Waals surface area contributed by atoms with Crippen molar-refractivity contribution in [2.45, 2.75) is 20.8 Å². The van der Waals surface area contributed by atoms with E-state index in [9.17, 15) is 4.79 Å². The molecule has 0 unspecified atom stereocenters. The minimum Gasteiger partial charge on any atom is -0.360 e. The highest BCUT2D eigenvalue weighted by molar-refractivity contribution is 6.08. The molecule has 102 valence electrons. The van der Waals surface area contributed by atoms with Crippen molar-refractivity contribution in [3.8, 4) is 0 Å². The first kappa shape index (κ1) is 13.8. The van der Waals surface area contributed by atoms with Crippen LogP contribution in [0.5, 0.6) is 0 Å². The molecular weight excluding hydrogens is 236 g/mol. The maximum atomic E-state index is 12.4. The molecule has 3 heteroatoms. The molecule has 19 heavy (non-hydrogen) atoms. The monoisotopic (exact) mass is 258 g/mol. The molecule has 2 aromatic rings. The van der Waals surface area contributed by atoms with Gasteiger partial charge in [-0.05, 0) is 18.5 Å². The van der Waals surface area contributed by atoms with E-state index in [1.807, 2.05) is 30.5 Å². The van der Waals surface area contributed by atoms with Crippen molar-refractivity contribution >= 4 is 16.7 Å². The highest BCUT2D eigenvalue weighted by Crippen LogP contribution is 2.18. The molecule has 0 saturated carbocycles. The van der Waals surface area contributed by atoms with Gasteiger partial charge in [-0.15, -0.1) is 0 Å². The Morgan fingerprint density at radius 1 is 1.32 bits per heavy atom. The normalized spacial score (nSPS) is 11.6. The van der Waals surface area contributed by atoms with Crippen molar-refractivity contribution in [3.63, 3.8) is 0 Å². The van der Waals surface area contributed by atoms with E-state index in [2.05, 4.69) is 30.7 Å². The minimum atomic E-state index is 0.194.